The fraction of sp³-hybridized carbons (Fsp3) is 1.00. The molecule has 0 aromatic carbocycles. The van der Waals surface area contributed by atoms with Crippen LogP contribution in [-0.4, -0.2) is 43.8 Å². The predicted molar refractivity (Wildman–Crippen MR) is 58.2 cm³/mol. The van der Waals surface area contributed by atoms with Crippen molar-refractivity contribution in [1.82, 2.24) is 5.32 Å². The SMILES string of the molecule is O=P1(F)OC[C@@H]2NCCC[C@@H]2O1.O=S(=O)(O)C(F)(F)F. The third kappa shape index (κ3) is 5.26. The molecule has 0 aliphatic carbocycles. The Morgan fingerprint density at radius 2 is 1.90 bits per heavy atom. The first-order chi connectivity index (χ1) is 8.92. The summed E-state index contributed by atoms with van der Waals surface area (Å²) in [4.78, 5) is 0. The lowest BCUT2D eigenvalue weighted by Gasteiger charge is -2.36. The van der Waals surface area contributed by atoms with Gasteiger partial charge in [-0.25, -0.2) is 4.57 Å². The van der Waals surface area contributed by atoms with Gasteiger partial charge < -0.3 is 5.32 Å². The van der Waals surface area contributed by atoms with Gasteiger partial charge in [-0.1, -0.05) is 0 Å². The summed E-state index contributed by atoms with van der Waals surface area (Å²) in [5.74, 6) is 0. The van der Waals surface area contributed by atoms with Crippen LogP contribution < -0.4 is 5.32 Å². The number of piperidine rings is 1. The maximum absolute atomic E-state index is 12.7. The van der Waals surface area contributed by atoms with E-state index in [2.05, 4.69) is 14.4 Å². The van der Waals surface area contributed by atoms with Gasteiger partial charge in [0.25, 0.3) is 0 Å². The third-order valence-electron chi connectivity index (χ3n) is 2.48. The van der Waals surface area contributed by atoms with Gasteiger partial charge in [0, 0.05) is 0 Å². The number of fused-ring (bicyclic) bond motifs is 1. The van der Waals surface area contributed by atoms with Crippen LogP contribution in [0.25, 0.3) is 0 Å². The summed E-state index contributed by atoms with van der Waals surface area (Å²) in [6.45, 7) is 1.04. The van der Waals surface area contributed by atoms with Crippen LogP contribution in [0.15, 0.2) is 0 Å². The Morgan fingerprint density at radius 1 is 1.35 bits per heavy atom. The number of hydrogen-bond donors (Lipinski definition) is 2. The molecule has 0 spiro atoms. The van der Waals surface area contributed by atoms with Gasteiger partial charge >= 0.3 is 23.5 Å². The summed E-state index contributed by atoms with van der Waals surface area (Å²) in [7, 11) is -10.1. The molecule has 1 unspecified atom stereocenters. The van der Waals surface area contributed by atoms with Crippen LogP contribution >= 0.6 is 7.91 Å². The minimum absolute atomic E-state index is 0.0107. The Hall–Kier alpha value is -0.260. The summed E-state index contributed by atoms with van der Waals surface area (Å²) in [6.07, 6.45) is 1.42. The average molecular weight is 345 g/mol. The maximum Gasteiger partial charge on any atom is 0.522 e. The lowest BCUT2D eigenvalue weighted by Crippen LogP contribution is -2.50. The first-order valence-corrected chi connectivity index (χ1v) is 8.19. The summed E-state index contributed by atoms with van der Waals surface area (Å²) in [5, 5.41) is 3.12. The van der Waals surface area contributed by atoms with E-state index < -0.39 is 23.5 Å². The van der Waals surface area contributed by atoms with E-state index in [9.17, 15) is 21.9 Å². The molecule has 2 aliphatic rings. The van der Waals surface area contributed by atoms with Crippen LogP contribution in [0.1, 0.15) is 12.8 Å². The van der Waals surface area contributed by atoms with Crippen molar-refractivity contribution >= 4 is 18.0 Å². The van der Waals surface area contributed by atoms with Crippen molar-refractivity contribution < 1.29 is 44.0 Å². The lowest BCUT2D eigenvalue weighted by atomic mass is 10.0. The van der Waals surface area contributed by atoms with Crippen LogP contribution in [0.5, 0.6) is 0 Å². The van der Waals surface area contributed by atoms with Gasteiger partial charge in [0.05, 0.1) is 18.8 Å². The Bertz CT molecular complexity index is 482. The Kier molecular flexibility index (Phi) is 5.55. The molecule has 7 nitrogen and oxygen atoms in total. The van der Waals surface area contributed by atoms with Gasteiger partial charge in [0.15, 0.2) is 0 Å². The van der Waals surface area contributed by atoms with Crippen LogP contribution in [0.4, 0.5) is 17.4 Å². The van der Waals surface area contributed by atoms with E-state index in [1.807, 2.05) is 0 Å². The van der Waals surface area contributed by atoms with E-state index in [-0.39, 0.29) is 18.8 Å². The van der Waals surface area contributed by atoms with Gasteiger partial charge in [0.2, 0.25) is 0 Å². The molecule has 0 aromatic heterocycles. The largest absolute Gasteiger partial charge is 0.522 e. The summed E-state index contributed by atoms with van der Waals surface area (Å²) < 4.78 is 90.1. The molecule has 2 fully saturated rings. The van der Waals surface area contributed by atoms with Crippen molar-refractivity contribution in [3.63, 3.8) is 0 Å². The molecule has 0 radical (unpaired) electrons. The molecule has 0 bridgehead atoms. The van der Waals surface area contributed by atoms with E-state index in [0.29, 0.717) is 0 Å². The zero-order chi connectivity index (χ0) is 15.6. The number of rotatable bonds is 0. The molecular weight excluding hydrogens is 333 g/mol. The highest BCUT2D eigenvalue weighted by molar-refractivity contribution is 7.86. The maximum atomic E-state index is 12.7. The fourth-order valence-corrected chi connectivity index (χ4v) is 2.55. The molecule has 2 heterocycles. The Labute approximate surface area is 112 Å². The highest BCUT2D eigenvalue weighted by Gasteiger charge is 2.44. The van der Waals surface area contributed by atoms with Gasteiger partial charge in [-0.3, -0.25) is 13.6 Å². The van der Waals surface area contributed by atoms with Gasteiger partial charge in [-0.15, -0.1) is 4.20 Å². The third-order valence-corrected chi connectivity index (χ3v) is 4.05. The summed E-state index contributed by atoms with van der Waals surface area (Å²) in [6, 6.07) is 0.0107. The van der Waals surface area contributed by atoms with Crippen molar-refractivity contribution in [2.75, 3.05) is 13.2 Å². The molecular formula is C7H12F4NO6PS. The zero-order valence-electron chi connectivity index (χ0n) is 9.84. The molecule has 120 valence electrons. The minimum Gasteiger partial charge on any atom is -0.309 e. The van der Waals surface area contributed by atoms with Crippen molar-refractivity contribution in [3.05, 3.63) is 0 Å². The number of nitrogens with one attached hydrogen (secondary N) is 1. The second kappa shape index (κ2) is 6.24. The Morgan fingerprint density at radius 3 is 2.40 bits per heavy atom. The van der Waals surface area contributed by atoms with E-state index in [4.69, 9.17) is 13.0 Å². The normalized spacial score (nSPS) is 34.6. The van der Waals surface area contributed by atoms with E-state index in [1.165, 1.54) is 0 Å². The highest BCUT2D eigenvalue weighted by atomic mass is 32.2. The van der Waals surface area contributed by atoms with Crippen molar-refractivity contribution in [2.24, 2.45) is 0 Å². The molecule has 2 saturated heterocycles. The smallest absolute Gasteiger partial charge is 0.309 e. The van der Waals surface area contributed by atoms with E-state index in [0.717, 1.165) is 19.4 Å². The van der Waals surface area contributed by atoms with E-state index in [1.54, 1.807) is 0 Å². The zero-order valence-corrected chi connectivity index (χ0v) is 11.5. The van der Waals surface area contributed by atoms with E-state index >= 15 is 0 Å². The fourth-order valence-electron chi connectivity index (χ4n) is 1.58. The standard InChI is InChI=1S/C6H11FNO3P.CHF3O3S/c7-12(9)10-4-5-6(11-12)2-1-3-8-5;2-1(3,4)8(5,6)7/h5-6,8H,1-4H2;(H,5,6,7)/t5-,6-,12?;/m0./s1. The number of alkyl halides is 3. The molecule has 20 heavy (non-hydrogen) atoms. The van der Waals surface area contributed by atoms with Crippen LogP contribution in [0.3, 0.4) is 0 Å². The van der Waals surface area contributed by atoms with Gasteiger partial charge in [-0.2, -0.15) is 21.6 Å². The van der Waals surface area contributed by atoms with Gasteiger partial charge in [-0.05, 0) is 19.4 Å². The molecule has 13 heteroatoms. The molecule has 0 aromatic rings. The quantitative estimate of drug-likeness (QED) is 0.298. The summed E-state index contributed by atoms with van der Waals surface area (Å²) in [5.41, 5.74) is -5.53. The van der Waals surface area contributed by atoms with Crippen LogP contribution in [0, 0.1) is 0 Å². The second-order valence-electron chi connectivity index (χ2n) is 3.99. The molecule has 0 saturated carbocycles. The molecule has 2 aliphatic heterocycles. The second-order valence-corrected chi connectivity index (χ2v) is 6.74. The predicted octanol–water partition coefficient (Wildman–Crippen LogP) is 1.63. The highest BCUT2D eigenvalue weighted by Crippen LogP contribution is 2.54. The number of hydrogen-bond acceptors (Lipinski definition) is 6. The molecule has 2 N–H and O–H groups in total. The Balaban J connectivity index is 0.000000221. The van der Waals surface area contributed by atoms with Crippen LogP contribution in [0.2, 0.25) is 0 Å². The topological polar surface area (TPSA) is 102 Å². The summed E-state index contributed by atoms with van der Waals surface area (Å²) >= 11 is 0. The lowest BCUT2D eigenvalue weighted by molar-refractivity contribution is -0.0510. The van der Waals surface area contributed by atoms with Gasteiger partial charge in [0.1, 0.15) is 0 Å². The first-order valence-electron chi connectivity index (χ1n) is 5.32. The molecule has 2 rings (SSSR count). The number of halogens is 4. The molecule has 0 amide bonds. The van der Waals surface area contributed by atoms with Crippen molar-refractivity contribution in [2.45, 2.75) is 30.5 Å². The van der Waals surface area contributed by atoms with Crippen LogP contribution in [-0.2, 0) is 23.7 Å². The minimum atomic E-state index is -5.84. The molecule has 3 atom stereocenters. The monoisotopic (exact) mass is 345 g/mol. The average Bonchev–Trinajstić information content (AvgIpc) is 2.25. The van der Waals surface area contributed by atoms with Crippen molar-refractivity contribution in [1.29, 1.82) is 0 Å². The first kappa shape index (κ1) is 17.8. The van der Waals surface area contributed by atoms with Crippen molar-refractivity contribution in [3.8, 4) is 0 Å².